The van der Waals surface area contributed by atoms with Crippen LogP contribution >= 0.6 is 11.6 Å². The molecule has 0 N–H and O–H groups in total. The lowest BCUT2D eigenvalue weighted by molar-refractivity contribution is 0.552. The van der Waals surface area contributed by atoms with Crippen molar-refractivity contribution in [3.8, 4) is 6.07 Å². The molecular weight excluding hydrogens is 188 g/mol. The second-order valence-corrected chi connectivity index (χ2v) is 3.07. The molecule has 0 saturated heterocycles. The Hall–Kier alpha value is -1.08. The first-order valence-corrected chi connectivity index (χ1v) is 4.76. The Labute approximate surface area is 82.1 Å². The summed E-state index contributed by atoms with van der Waals surface area (Å²) >= 11 is 5.53. The topological polar surface area (TPSA) is 54.5 Å². The molecule has 5 heteroatoms. The molecule has 1 heterocycles. The highest BCUT2D eigenvalue weighted by molar-refractivity contribution is 6.17. The number of rotatable bonds is 5. The molecule has 13 heavy (non-hydrogen) atoms. The fraction of sp³-hybridized carbons (Fsp3) is 0.625. The molecule has 0 aliphatic heterocycles. The molecule has 4 nitrogen and oxygen atoms in total. The van der Waals surface area contributed by atoms with E-state index in [0.29, 0.717) is 5.88 Å². The molecule has 0 fully saturated rings. The number of halogens is 1. The number of aromatic nitrogens is 3. The van der Waals surface area contributed by atoms with Crippen molar-refractivity contribution in [3.63, 3.8) is 0 Å². The van der Waals surface area contributed by atoms with Crippen molar-refractivity contribution >= 4 is 11.6 Å². The van der Waals surface area contributed by atoms with Gasteiger partial charge in [0, 0.05) is 12.4 Å². The van der Waals surface area contributed by atoms with E-state index in [2.05, 4.69) is 10.1 Å². The first-order valence-electron chi connectivity index (χ1n) is 4.22. The van der Waals surface area contributed by atoms with Gasteiger partial charge in [-0.1, -0.05) is 6.42 Å². The molecule has 0 unspecified atom stereocenters. The minimum atomic E-state index is 0.234. The van der Waals surface area contributed by atoms with Gasteiger partial charge >= 0.3 is 0 Å². The Kier molecular flexibility index (Phi) is 4.27. The van der Waals surface area contributed by atoms with Gasteiger partial charge in [-0.2, -0.15) is 5.26 Å². The molecule has 0 bridgehead atoms. The number of nitrogens with zero attached hydrogens (tertiary/aromatic N) is 4. The van der Waals surface area contributed by atoms with Gasteiger partial charge in [0.25, 0.3) is 5.82 Å². The third-order valence-electron chi connectivity index (χ3n) is 1.66. The summed E-state index contributed by atoms with van der Waals surface area (Å²) in [4.78, 5) is 3.80. The number of hydrogen-bond acceptors (Lipinski definition) is 3. The maximum absolute atomic E-state index is 8.45. The number of alkyl halides is 1. The van der Waals surface area contributed by atoms with Gasteiger partial charge in [-0.05, 0) is 12.8 Å². The van der Waals surface area contributed by atoms with E-state index in [9.17, 15) is 0 Å². The summed E-state index contributed by atoms with van der Waals surface area (Å²) < 4.78 is 1.69. The zero-order chi connectivity index (χ0) is 9.52. The number of aryl methyl sites for hydroxylation is 1. The lowest BCUT2D eigenvalue weighted by atomic mass is 10.2. The third kappa shape index (κ3) is 3.43. The summed E-state index contributed by atoms with van der Waals surface area (Å²) in [7, 11) is 0. The van der Waals surface area contributed by atoms with Gasteiger partial charge < -0.3 is 0 Å². The van der Waals surface area contributed by atoms with Gasteiger partial charge in [-0.3, -0.25) is 4.68 Å². The smallest absolute Gasteiger partial charge is 0.252 e. The van der Waals surface area contributed by atoms with Crippen molar-refractivity contribution < 1.29 is 0 Å². The van der Waals surface area contributed by atoms with E-state index in [1.54, 1.807) is 11.0 Å². The van der Waals surface area contributed by atoms with Crippen LogP contribution in [0.3, 0.4) is 0 Å². The van der Waals surface area contributed by atoms with Crippen molar-refractivity contribution in [3.05, 3.63) is 12.2 Å². The summed E-state index contributed by atoms with van der Waals surface area (Å²) in [5.41, 5.74) is 0. The molecule has 70 valence electrons. The van der Waals surface area contributed by atoms with Crippen LogP contribution in [0.4, 0.5) is 0 Å². The zero-order valence-corrected chi connectivity index (χ0v) is 8.04. The Morgan fingerprint density at radius 2 is 2.31 bits per heavy atom. The van der Waals surface area contributed by atoms with Gasteiger partial charge in [-0.15, -0.1) is 16.7 Å². The Balaban J connectivity index is 2.25. The molecule has 1 aromatic heterocycles. The first-order chi connectivity index (χ1) is 6.36. The van der Waals surface area contributed by atoms with E-state index >= 15 is 0 Å². The van der Waals surface area contributed by atoms with Crippen molar-refractivity contribution in [1.29, 1.82) is 5.26 Å². The maximum atomic E-state index is 8.45. The molecule has 1 rings (SSSR count). The van der Waals surface area contributed by atoms with Crippen molar-refractivity contribution in [2.45, 2.75) is 25.8 Å². The van der Waals surface area contributed by atoms with Crippen molar-refractivity contribution in [2.24, 2.45) is 0 Å². The second-order valence-electron chi connectivity index (χ2n) is 2.69. The summed E-state index contributed by atoms with van der Waals surface area (Å²) in [6.45, 7) is 0.811. The van der Waals surface area contributed by atoms with Crippen LogP contribution in [0.5, 0.6) is 0 Å². The maximum Gasteiger partial charge on any atom is 0.252 e. The fourth-order valence-corrected chi connectivity index (χ4v) is 1.19. The van der Waals surface area contributed by atoms with Crippen LogP contribution < -0.4 is 0 Å². The predicted molar refractivity (Wildman–Crippen MR) is 49.3 cm³/mol. The Morgan fingerprint density at radius 3 is 2.92 bits per heavy atom. The molecule has 0 aliphatic rings. The molecule has 0 radical (unpaired) electrons. The number of nitriles is 1. The summed E-state index contributed by atoms with van der Waals surface area (Å²) in [6.07, 6.45) is 4.73. The SMILES string of the molecule is N#Cc1ncn(CCCCCCl)n1. The van der Waals surface area contributed by atoms with E-state index < -0.39 is 0 Å². The van der Waals surface area contributed by atoms with Gasteiger partial charge in [0.2, 0.25) is 0 Å². The quantitative estimate of drug-likeness (QED) is 0.533. The molecule has 0 amide bonds. The predicted octanol–water partition coefficient (Wildman–Crippen LogP) is 1.56. The van der Waals surface area contributed by atoms with Gasteiger partial charge in [0.15, 0.2) is 0 Å². The molecule has 0 atom stereocenters. The second kappa shape index (κ2) is 5.55. The fourth-order valence-electron chi connectivity index (χ4n) is 0.999. The van der Waals surface area contributed by atoms with Crippen LogP contribution in [0.1, 0.15) is 25.1 Å². The van der Waals surface area contributed by atoms with Crippen LogP contribution in [-0.4, -0.2) is 20.6 Å². The lowest BCUT2D eigenvalue weighted by Crippen LogP contribution is -1.98. The molecule has 1 aromatic rings. The minimum absolute atomic E-state index is 0.234. The van der Waals surface area contributed by atoms with E-state index in [-0.39, 0.29) is 5.82 Å². The summed E-state index contributed by atoms with van der Waals surface area (Å²) in [5.74, 6) is 0.943. The molecular formula is C8H11ClN4. The van der Waals surface area contributed by atoms with E-state index in [4.69, 9.17) is 16.9 Å². The highest BCUT2D eigenvalue weighted by Gasteiger charge is 1.97. The van der Waals surface area contributed by atoms with Crippen molar-refractivity contribution in [2.75, 3.05) is 5.88 Å². The van der Waals surface area contributed by atoms with E-state index in [1.165, 1.54) is 0 Å². The monoisotopic (exact) mass is 198 g/mol. The summed E-state index contributed by atoms with van der Waals surface area (Å²) in [6, 6.07) is 1.88. The molecule has 0 saturated carbocycles. The number of unbranched alkanes of at least 4 members (excludes halogenated alkanes) is 2. The van der Waals surface area contributed by atoms with Crippen molar-refractivity contribution in [1.82, 2.24) is 14.8 Å². The van der Waals surface area contributed by atoms with Gasteiger partial charge in [0.05, 0.1) is 0 Å². The average Bonchev–Trinajstić information content (AvgIpc) is 2.60. The lowest BCUT2D eigenvalue weighted by Gasteiger charge is -1.97. The highest BCUT2D eigenvalue weighted by Crippen LogP contribution is 1.99. The normalized spacial score (nSPS) is 9.85. The van der Waals surface area contributed by atoms with Gasteiger partial charge in [0.1, 0.15) is 12.4 Å². The van der Waals surface area contributed by atoms with Crippen LogP contribution in [0.15, 0.2) is 6.33 Å². The largest absolute Gasteiger partial charge is 0.252 e. The van der Waals surface area contributed by atoms with Crippen LogP contribution in [0.2, 0.25) is 0 Å². The van der Waals surface area contributed by atoms with Crippen LogP contribution in [0, 0.1) is 11.3 Å². The molecule has 0 spiro atoms. The van der Waals surface area contributed by atoms with Crippen LogP contribution in [0.25, 0.3) is 0 Å². The highest BCUT2D eigenvalue weighted by atomic mass is 35.5. The standard InChI is InChI=1S/C8H11ClN4/c9-4-2-1-3-5-13-7-11-8(6-10)12-13/h7H,1-5H2. The average molecular weight is 199 g/mol. The van der Waals surface area contributed by atoms with E-state index in [1.807, 2.05) is 6.07 Å². The zero-order valence-electron chi connectivity index (χ0n) is 7.28. The van der Waals surface area contributed by atoms with Crippen LogP contribution in [-0.2, 0) is 6.54 Å². The number of hydrogen-bond donors (Lipinski definition) is 0. The Bertz CT molecular complexity index is 289. The molecule has 0 aromatic carbocycles. The Morgan fingerprint density at radius 1 is 1.46 bits per heavy atom. The van der Waals surface area contributed by atoms with E-state index in [0.717, 1.165) is 25.8 Å². The minimum Gasteiger partial charge on any atom is -0.252 e. The third-order valence-corrected chi connectivity index (χ3v) is 1.92. The summed E-state index contributed by atoms with van der Waals surface area (Å²) in [5, 5.41) is 12.4. The molecule has 0 aliphatic carbocycles. The first kappa shape index (κ1) is 10.0. The van der Waals surface area contributed by atoms with Gasteiger partial charge in [-0.25, -0.2) is 4.98 Å².